The zero-order valence-corrected chi connectivity index (χ0v) is 12.0. The third-order valence-corrected chi connectivity index (χ3v) is 4.25. The second kappa shape index (κ2) is 6.75. The third-order valence-electron chi connectivity index (χ3n) is 2.02. The third kappa shape index (κ3) is 5.40. The summed E-state index contributed by atoms with van der Waals surface area (Å²) in [5, 5.41) is 0.764. The lowest BCUT2D eigenvalue weighted by Gasteiger charge is -2.09. The van der Waals surface area contributed by atoms with Gasteiger partial charge in [0.2, 0.25) is 0 Å². The summed E-state index contributed by atoms with van der Waals surface area (Å²) in [5.41, 5.74) is 0.0901. The fourth-order valence-electron chi connectivity index (χ4n) is 1.14. The van der Waals surface area contributed by atoms with E-state index >= 15 is 0 Å². The van der Waals surface area contributed by atoms with E-state index in [9.17, 15) is 13.2 Å². The molecule has 0 saturated heterocycles. The Morgan fingerprint density at radius 1 is 1.18 bits per heavy atom. The van der Waals surface area contributed by atoms with E-state index in [1.165, 1.54) is 12.1 Å². The van der Waals surface area contributed by atoms with Gasteiger partial charge in [0.15, 0.2) is 0 Å². The molecule has 0 aliphatic heterocycles. The van der Waals surface area contributed by atoms with Crippen LogP contribution in [0.2, 0.25) is 0 Å². The van der Waals surface area contributed by atoms with Crippen molar-refractivity contribution >= 4 is 31.9 Å². The van der Waals surface area contributed by atoms with Crippen LogP contribution >= 0.6 is 31.9 Å². The monoisotopic (exact) mass is 374 g/mol. The predicted octanol–water partition coefficient (Wildman–Crippen LogP) is 4.38. The van der Waals surface area contributed by atoms with Crippen LogP contribution in [0, 0.1) is 0 Å². The van der Waals surface area contributed by atoms with Gasteiger partial charge in [0, 0.05) is 10.2 Å². The van der Waals surface area contributed by atoms with Gasteiger partial charge in [-0.1, -0.05) is 44.0 Å². The van der Waals surface area contributed by atoms with Gasteiger partial charge in [-0.2, -0.15) is 13.2 Å². The zero-order chi connectivity index (χ0) is 12.9. The van der Waals surface area contributed by atoms with Gasteiger partial charge in [-0.25, -0.2) is 0 Å². The molecule has 0 N–H and O–H groups in total. The molecule has 0 radical (unpaired) electrons. The van der Waals surface area contributed by atoms with E-state index in [1.54, 1.807) is 0 Å². The summed E-state index contributed by atoms with van der Waals surface area (Å²) in [5.74, 6) is 0. The predicted molar refractivity (Wildman–Crippen MR) is 67.6 cm³/mol. The van der Waals surface area contributed by atoms with Crippen molar-refractivity contribution in [1.82, 2.24) is 0 Å². The number of rotatable bonds is 5. The van der Waals surface area contributed by atoms with Crippen molar-refractivity contribution in [3.8, 4) is 0 Å². The minimum absolute atomic E-state index is 0.206. The van der Waals surface area contributed by atoms with E-state index in [-0.39, 0.29) is 4.83 Å². The first kappa shape index (κ1) is 15.0. The van der Waals surface area contributed by atoms with Crippen LogP contribution in [-0.4, -0.2) is 16.8 Å². The molecule has 0 aromatic heterocycles. The maximum Gasteiger partial charge on any atom is 0.416 e. The Kier molecular flexibility index (Phi) is 5.95. The lowest BCUT2D eigenvalue weighted by molar-refractivity contribution is -0.137. The molecule has 0 saturated carbocycles. The second-order valence-electron chi connectivity index (χ2n) is 3.46. The van der Waals surface area contributed by atoms with Crippen LogP contribution in [0.3, 0.4) is 0 Å². The van der Waals surface area contributed by atoms with Gasteiger partial charge in [0.1, 0.15) is 0 Å². The number of alkyl halides is 5. The molecule has 0 bridgehead atoms. The van der Waals surface area contributed by atoms with E-state index in [0.29, 0.717) is 13.2 Å². The van der Waals surface area contributed by atoms with Gasteiger partial charge in [-0.15, -0.1) is 0 Å². The van der Waals surface area contributed by atoms with Crippen molar-refractivity contribution in [2.24, 2.45) is 0 Å². The summed E-state index contributed by atoms with van der Waals surface area (Å²) in [7, 11) is 0. The Bertz CT molecular complexity index is 338. The number of hydrogen-bond donors (Lipinski definition) is 0. The lowest BCUT2D eigenvalue weighted by Crippen LogP contribution is -2.10. The largest absolute Gasteiger partial charge is 0.416 e. The fraction of sp³-hybridized carbons (Fsp3) is 0.455. The lowest BCUT2D eigenvalue weighted by atomic mass is 10.1. The van der Waals surface area contributed by atoms with Crippen LogP contribution in [0.4, 0.5) is 13.2 Å². The minimum Gasteiger partial charge on any atom is -0.376 e. The van der Waals surface area contributed by atoms with Crippen molar-refractivity contribution in [2.75, 3.05) is 11.9 Å². The quantitative estimate of drug-likeness (QED) is 0.694. The van der Waals surface area contributed by atoms with E-state index in [4.69, 9.17) is 4.74 Å². The number of benzene rings is 1. The zero-order valence-electron chi connectivity index (χ0n) is 8.81. The van der Waals surface area contributed by atoms with Crippen molar-refractivity contribution in [3.05, 3.63) is 35.4 Å². The number of halogens is 5. The van der Waals surface area contributed by atoms with E-state index < -0.39 is 11.7 Å². The minimum atomic E-state index is -4.28. The summed E-state index contributed by atoms with van der Waals surface area (Å²) in [4.78, 5) is 0.206. The second-order valence-corrected chi connectivity index (χ2v) is 5.40. The van der Waals surface area contributed by atoms with Crippen LogP contribution in [-0.2, 0) is 17.5 Å². The molecule has 96 valence electrons. The molecular formula is C11H11Br2F3O. The molecule has 1 aromatic rings. The number of hydrogen-bond acceptors (Lipinski definition) is 1. The molecule has 0 heterocycles. The maximum absolute atomic E-state index is 12.3. The summed E-state index contributed by atoms with van der Waals surface area (Å²) in [6.07, 6.45) is -4.28. The topological polar surface area (TPSA) is 9.23 Å². The first-order chi connectivity index (χ1) is 7.93. The highest BCUT2D eigenvalue weighted by atomic mass is 79.9. The van der Waals surface area contributed by atoms with Crippen molar-refractivity contribution in [1.29, 1.82) is 0 Å². The highest BCUT2D eigenvalue weighted by Gasteiger charge is 2.29. The molecular weight excluding hydrogens is 365 g/mol. The van der Waals surface area contributed by atoms with Gasteiger partial charge in [-0.3, -0.25) is 0 Å². The Hall–Kier alpha value is -0.0700. The Balaban J connectivity index is 2.46. The summed E-state index contributed by atoms with van der Waals surface area (Å²) < 4.78 is 42.2. The smallest absolute Gasteiger partial charge is 0.376 e. The highest BCUT2D eigenvalue weighted by molar-refractivity contribution is 9.12. The summed E-state index contributed by atoms with van der Waals surface area (Å²) in [6.45, 7) is 0.819. The van der Waals surface area contributed by atoms with E-state index in [0.717, 1.165) is 23.0 Å². The molecule has 0 aliphatic carbocycles. The van der Waals surface area contributed by atoms with Crippen LogP contribution in [0.5, 0.6) is 0 Å². The molecule has 6 heteroatoms. The molecule has 1 nitrogen and oxygen atoms in total. The van der Waals surface area contributed by atoms with Gasteiger partial charge >= 0.3 is 6.18 Å². The SMILES string of the molecule is FC(F)(F)c1ccc(COCC(Br)CBr)cc1. The first-order valence-electron chi connectivity index (χ1n) is 4.87. The number of ether oxygens (including phenoxy) is 1. The van der Waals surface area contributed by atoms with Gasteiger partial charge < -0.3 is 4.74 Å². The average Bonchev–Trinajstić information content (AvgIpc) is 2.28. The standard InChI is InChI=1S/C11H11Br2F3O/c12-5-10(13)7-17-6-8-1-3-9(4-2-8)11(14,15)16/h1-4,10H,5-7H2. The van der Waals surface area contributed by atoms with Gasteiger partial charge in [0.05, 0.1) is 18.8 Å². The Morgan fingerprint density at radius 3 is 2.24 bits per heavy atom. The fourth-order valence-corrected chi connectivity index (χ4v) is 1.51. The Morgan fingerprint density at radius 2 is 1.76 bits per heavy atom. The summed E-state index contributed by atoms with van der Waals surface area (Å²) >= 11 is 6.65. The van der Waals surface area contributed by atoms with Crippen LogP contribution in [0.15, 0.2) is 24.3 Å². The molecule has 0 fully saturated rings. The van der Waals surface area contributed by atoms with Crippen molar-refractivity contribution in [2.45, 2.75) is 17.6 Å². The molecule has 1 unspecified atom stereocenters. The maximum atomic E-state index is 12.3. The normalized spacial score (nSPS) is 13.7. The Labute approximate surface area is 115 Å². The van der Waals surface area contributed by atoms with Crippen LogP contribution in [0.1, 0.15) is 11.1 Å². The van der Waals surface area contributed by atoms with Gasteiger partial charge in [-0.05, 0) is 17.7 Å². The van der Waals surface area contributed by atoms with Crippen molar-refractivity contribution < 1.29 is 17.9 Å². The summed E-state index contributed by atoms with van der Waals surface area (Å²) in [6, 6.07) is 4.99. The van der Waals surface area contributed by atoms with E-state index in [1.807, 2.05) is 0 Å². The first-order valence-corrected chi connectivity index (χ1v) is 6.91. The van der Waals surface area contributed by atoms with Gasteiger partial charge in [0.25, 0.3) is 0 Å². The molecule has 1 aromatic carbocycles. The average molecular weight is 376 g/mol. The van der Waals surface area contributed by atoms with E-state index in [2.05, 4.69) is 31.9 Å². The van der Waals surface area contributed by atoms with Crippen molar-refractivity contribution in [3.63, 3.8) is 0 Å². The molecule has 1 rings (SSSR count). The highest BCUT2D eigenvalue weighted by Crippen LogP contribution is 2.29. The van der Waals surface area contributed by atoms with Crippen LogP contribution < -0.4 is 0 Å². The molecule has 0 amide bonds. The van der Waals surface area contributed by atoms with Crippen LogP contribution in [0.25, 0.3) is 0 Å². The molecule has 0 spiro atoms. The molecule has 1 atom stereocenters. The molecule has 17 heavy (non-hydrogen) atoms. The molecule has 0 aliphatic rings.